The molecule has 0 heterocycles. The summed E-state index contributed by atoms with van der Waals surface area (Å²) >= 11 is 0. The van der Waals surface area contributed by atoms with Crippen molar-refractivity contribution in [3.63, 3.8) is 0 Å². The molecule has 0 radical (unpaired) electrons. The zero-order valence-electron chi connectivity index (χ0n) is 12.3. The van der Waals surface area contributed by atoms with Crippen LogP contribution in [-0.4, -0.2) is 19.3 Å². The van der Waals surface area contributed by atoms with Crippen molar-refractivity contribution in [1.29, 1.82) is 0 Å². The lowest BCUT2D eigenvalue weighted by Gasteiger charge is -2.14. The lowest BCUT2D eigenvalue weighted by molar-refractivity contribution is -0.136. The smallest absolute Gasteiger partial charge is 0.389 e. The number of hydrogen-bond donors (Lipinski definition) is 1. The van der Waals surface area contributed by atoms with E-state index >= 15 is 0 Å². The Kier molecular flexibility index (Phi) is 6.95. The summed E-state index contributed by atoms with van der Waals surface area (Å²) in [6, 6.07) is 4.03. The largest absolute Gasteiger partial charge is 0.493 e. The van der Waals surface area contributed by atoms with Gasteiger partial charge in [-0.2, -0.15) is 13.2 Å². The van der Waals surface area contributed by atoms with Crippen LogP contribution in [0.15, 0.2) is 18.2 Å². The highest BCUT2D eigenvalue weighted by Crippen LogP contribution is 2.23. The molecule has 0 fully saturated rings. The Balaban J connectivity index is 2.52. The fourth-order valence-electron chi connectivity index (χ4n) is 1.78. The van der Waals surface area contributed by atoms with Gasteiger partial charge in [0.05, 0.1) is 6.61 Å². The minimum Gasteiger partial charge on any atom is -0.493 e. The molecule has 0 amide bonds. The summed E-state index contributed by atoms with van der Waals surface area (Å²) in [5, 5.41) is 3.16. The van der Waals surface area contributed by atoms with Gasteiger partial charge in [-0.3, -0.25) is 0 Å². The van der Waals surface area contributed by atoms with Gasteiger partial charge in [0.1, 0.15) is 11.6 Å². The first-order chi connectivity index (χ1) is 9.78. The Morgan fingerprint density at radius 3 is 2.57 bits per heavy atom. The zero-order chi connectivity index (χ0) is 15.9. The summed E-state index contributed by atoms with van der Waals surface area (Å²) in [4.78, 5) is 0. The quantitative estimate of drug-likeness (QED) is 0.571. The molecule has 0 unspecified atom stereocenters. The van der Waals surface area contributed by atoms with Crippen molar-refractivity contribution < 1.29 is 22.3 Å². The van der Waals surface area contributed by atoms with Crippen molar-refractivity contribution in [1.82, 2.24) is 5.32 Å². The Labute approximate surface area is 122 Å². The molecule has 1 aromatic rings. The fourth-order valence-corrected chi connectivity index (χ4v) is 1.78. The second kappa shape index (κ2) is 8.22. The Bertz CT molecular complexity index is 432. The van der Waals surface area contributed by atoms with Crippen molar-refractivity contribution in [3.05, 3.63) is 29.6 Å². The van der Waals surface area contributed by atoms with E-state index in [1.54, 1.807) is 0 Å². The monoisotopic (exact) mass is 307 g/mol. The molecule has 1 N–H and O–H groups in total. The molecule has 21 heavy (non-hydrogen) atoms. The van der Waals surface area contributed by atoms with Crippen molar-refractivity contribution in [2.75, 3.05) is 13.2 Å². The average Bonchev–Trinajstić information content (AvgIpc) is 2.35. The van der Waals surface area contributed by atoms with E-state index in [2.05, 4.69) is 5.32 Å². The molecule has 120 valence electrons. The molecule has 0 aliphatic heterocycles. The number of ether oxygens (including phenoxy) is 1. The molecule has 0 saturated heterocycles. The summed E-state index contributed by atoms with van der Waals surface area (Å²) in [5.41, 5.74) is 0.614. The summed E-state index contributed by atoms with van der Waals surface area (Å²) < 4.78 is 54.7. The first-order valence-corrected chi connectivity index (χ1v) is 6.96. The van der Waals surface area contributed by atoms with E-state index in [0.717, 1.165) is 6.54 Å². The van der Waals surface area contributed by atoms with E-state index in [9.17, 15) is 17.6 Å². The minimum atomic E-state index is -4.17. The van der Waals surface area contributed by atoms with E-state index in [0.29, 0.717) is 23.8 Å². The Morgan fingerprint density at radius 1 is 1.24 bits per heavy atom. The third-order valence-electron chi connectivity index (χ3n) is 2.75. The lowest BCUT2D eigenvalue weighted by atomic mass is 10.1. The van der Waals surface area contributed by atoms with Gasteiger partial charge in [-0.1, -0.05) is 13.8 Å². The van der Waals surface area contributed by atoms with E-state index in [1.165, 1.54) is 18.2 Å². The van der Waals surface area contributed by atoms with Gasteiger partial charge in [0.2, 0.25) is 0 Å². The maximum absolute atomic E-state index is 13.2. The van der Waals surface area contributed by atoms with Gasteiger partial charge in [-0.05, 0) is 37.1 Å². The van der Waals surface area contributed by atoms with Crippen LogP contribution in [0.3, 0.4) is 0 Å². The molecule has 0 aliphatic carbocycles. The Morgan fingerprint density at radius 2 is 1.95 bits per heavy atom. The van der Waals surface area contributed by atoms with Crippen LogP contribution < -0.4 is 10.1 Å². The zero-order valence-corrected chi connectivity index (χ0v) is 12.3. The summed E-state index contributed by atoms with van der Waals surface area (Å²) in [6.45, 7) is 5.25. The lowest BCUT2D eigenvalue weighted by Crippen LogP contribution is -2.19. The predicted molar refractivity (Wildman–Crippen MR) is 73.7 cm³/mol. The molecule has 2 nitrogen and oxygen atoms in total. The van der Waals surface area contributed by atoms with Crippen molar-refractivity contribution >= 4 is 0 Å². The summed E-state index contributed by atoms with van der Waals surface area (Å²) in [7, 11) is 0. The predicted octanol–water partition coefficient (Wildman–Crippen LogP) is 4.29. The third kappa shape index (κ3) is 7.90. The number of benzene rings is 1. The maximum atomic E-state index is 13.2. The van der Waals surface area contributed by atoms with Gasteiger partial charge >= 0.3 is 6.18 Å². The minimum absolute atomic E-state index is 0.0394. The normalized spacial score (nSPS) is 12.0. The topological polar surface area (TPSA) is 21.3 Å². The van der Waals surface area contributed by atoms with E-state index in [-0.39, 0.29) is 18.8 Å². The van der Waals surface area contributed by atoms with Gasteiger partial charge in [0.25, 0.3) is 0 Å². The maximum Gasteiger partial charge on any atom is 0.389 e. The van der Waals surface area contributed by atoms with Gasteiger partial charge in [0.15, 0.2) is 0 Å². The highest BCUT2D eigenvalue weighted by atomic mass is 19.4. The molecule has 1 rings (SSSR count). The second-order valence-corrected chi connectivity index (χ2v) is 5.34. The van der Waals surface area contributed by atoms with Crippen LogP contribution in [0.4, 0.5) is 17.6 Å². The molecule has 1 aromatic carbocycles. The summed E-state index contributed by atoms with van der Waals surface area (Å²) in [5.74, 6) is 0.489. The van der Waals surface area contributed by atoms with Crippen molar-refractivity contribution in [2.45, 2.75) is 39.4 Å². The van der Waals surface area contributed by atoms with Crippen molar-refractivity contribution in [2.24, 2.45) is 5.92 Å². The van der Waals surface area contributed by atoms with Crippen molar-refractivity contribution in [3.8, 4) is 5.75 Å². The molecular weight excluding hydrogens is 286 g/mol. The van der Waals surface area contributed by atoms with Gasteiger partial charge in [-0.15, -0.1) is 0 Å². The van der Waals surface area contributed by atoms with Gasteiger partial charge in [-0.25, -0.2) is 4.39 Å². The van der Waals surface area contributed by atoms with Gasteiger partial charge in [0, 0.05) is 18.5 Å². The van der Waals surface area contributed by atoms with E-state index in [4.69, 9.17) is 4.74 Å². The number of halogens is 4. The average molecular weight is 307 g/mol. The number of alkyl halides is 3. The molecule has 0 aromatic heterocycles. The first-order valence-electron chi connectivity index (χ1n) is 6.96. The SMILES string of the molecule is CC(C)CNCc1cc(F)ccc1OCCCC(F)(F)F. The number of rotatable bonds is 8. The van der Waals surface area contributed by atoms with Gasteiger partial charge < -0.3 is 10.1 Å². The fraction of sp³-hybridized carbons (Fsp3) is 0.600. The van der Waals surface area contributed by atoms with Crippen LogP contribution in [0.2, 0.25) is 0 Å². The molecule has 0 aliphatic rings. The molecule has 0 saturated carbocycles. The highest BCUT2D eigenvalue weighted by Gasteiger charge is 2.26. The van der Waals surface area contributed by atoms with E-state index < -0.39 is 12.6 Å². The second-order valence-electron chi connectivity index (χ2n) is 5.34. The molecule has 0 bridgehead atoms. The number of hydrogen-bond acceptors (Lipinski definition) is 2. The standard InChI is InChI=1S/C15H21F4NO/c1-11(2)9-20-10-12-8-13(16)4-5-14(12)21-7-3-6-15(17,18)19/h4-5,8,11,20H,3,6-7,9-10H2,1-2H3. The van der Waals surface area contributed by atoms with Crippen LogP contribution >= 0.6 is 0 Å². The van der Waals surface area contributed by atoms with Crippen LogP contribution in [0, 0.1) is 11.7 Å². The number of nitrogens with one attached hydrogen (secondary N) is 1. The molecule has 0 spiro atoms. The first kappa shape index (κ1) is 17.8. The van der Waals surface area contributed by atoms with Crippen LogP contribution in [0.1, 0.15) is 32.3 Å². The van der Waals surface area contributed by atoms with Crippen LogP contribution in [0.25, 0.3) is 0 Å². The van der Waals surface area contributed by atoms with E-state index in [1.807, 2.05) is 13.8 Å². The van der Waals surface area contributed by atoms with Crippen LogP contribution in [0.5, 0.6) is 5.75 Å². The third-order valence-corrected chi connectivity index (χ3v) is 2.75. The highest BCUT2D eigenvalue weighted by molar-refractivity contribution is 5.33. The summed E-state index contributed by atoms with van der Waals surface area (Å²) in [6.07, 6.45) is -5.16. The van der Waals surface area contributed by atoms with Crippen LogP contribution in [-0.2, 0) is 6.54 Å². The molecule has 6 heteroatoms. The molecule has 0 atom stereocenters. The Hall–Kier alpha value is -1.30. The molecular formula is C15H21F4NO.